The van der Waals surface area contributed by atoms with Crippen molar-refractivity contribution in [2.24, 2.45) is 0 Å². The Hall–Kier alpha value is -1.96. The van der Waals surface area contributed by atoms with Gasteiger partial charge in [-0.05, 0) is 19.1 Å². The maximum Gasteiger partial charge on any atom is 0.296 e. The minimum absolute atomic E-state index is 0.0125. The van der Waals surface area contributed by atoms with Crippen molar-refractivity contribution in [3.05, 3.63) is 23.5 Å². The van der Waals surface area contributed by atoms with E-state index in [0.29, 0.717) is 0 Å². The number of carbonyl (C=O) groups is 2. The molecule has 6 nitrogen and oxygen atoms in total. The van der Waals surface area contributed by atoms with Crippen molar-refractivity contribution in [1.82, 2.24) is 0 Å². The van der Waals surface area contributed by atoms with Crippen LogP contribution in [-0.2, 0) is 14.6 Å². The van der Waals surface area contributed by atoms with Crippen LogP contribution in [0.15, 0.2) is 12.1 Å². The molecule has 2 heterocycles. The van der Waals surface area contributed by atoms with Crippen LogP contribution >= 0.6 is 0 Å². The van der Waals surface area contributed by atoms with Crippen molar-refractivity contribution in [3.63, 3.8) is 0 Å². The largest absolute Gasteiger partial charge is 0.364 e. The third-order valence-corrected chi connectivity index (χ3v) is 5.56. The van der Waals surface area contributed by atoms with E-state index in [1.165, 1.54) is 6.07 Å². The number of carbonyl (C=O) groups excluding carboxylic acids is 2. The Kier molecular flexibility index (Phi) is 3.01. The highest BCUT2D eigenvalue weighted by molar-refractivity contribution is 7.91. The summed E-state index contributed by atoms with van der Waals surface area (Å²) in [5.74, 6) is -2.26. The summed E-state index contributed by atoms with van der Waals surface area (Å²) in [6.45, 7) is 1.88. The fourth-order valence-electron chi connectivity index (χ4n) is 2.73. The molecule has 0 saturated carbocycles. The number of fused-ring (bicyclic) bond motifs is 1. The van der Waals surface area contributed by atoms with Crippen LogP contribution in [0.2, 0.25) is 0 Å². The van der Waals surface area contributed by atoms with Crippen molar-refractivity contribution in [3.8, 4) is 0 Å². The molecule has 1 fully saturated rings. The molecular weight excluding hydrogens is 299 g/mol. The summed E-state index contributed by atoms with van der Waals surface area (Å²) in [4.78, 5) is 24.5. The molecule has 0 aromatic heterocycles. The van der Waals surface area contributed by atoms with Gasteiger partial charge in [-0.25, -0.2) is 12.8 Å². The summed E-state index contributed by atoms with van der Waals surface area (Å²) in [5, 5.41) is 2.38. The smallest absolute Gasteiger partial charge is 0.296 e. The van der Waals surface area contributed by atoms with Crippen LogP contribution in [0.1, 0.15) is 17.3 Å². The molecule has 3 rings (SSSR count). The van der Waals surface area contributed by atoms with Crippen LogP contribution in [0.25, 0.3) is 0 Å². The van der Waals surface area contributed by atoms with Crippen molar-refractivity contribution in [2.45, 2.75) is 13.0 Å². The van der Waals surface area contributed by atoms with Crippen LogP contribution in [0, 0.1) is 5.82 Å². The highest BCUT2D eigenvalue weighted by atomic mass is 32.2. The topological polar surface area (TPSA) is 83.6 Å². The zero-order valence-electron chi connectivity index (χ0n) is 11.2. The monoisotopic (exact) mass is 312 g/mol. The van der Waals surface area contributed by atoms with E-state index >= 15 is 0 Å². The molecule has 0 radical (unpaired) electrons. The van der Waals surface area contributed by atoms with Gasteiger partial charge in [0.1, 0.15) is 5.82 Å². The van der Waals surface area contributed by atoms with E-state index in [9.17, 15) is 22.4 Å². The second-order valence-electron chi connectivity index (χ2n) is 5.29. The molecule has 112 valence electrons. The van der Waals surface area contributed by atoms with Crippen LogP contribution in [0.4, 0.5) is 15.8 Å². The average Bonchev–Trinajstić information content (AvgIpc) is 2.64. The van der Waals surface area contributed by atoms with E-state index in [4.69, 9.17) is 0 Å². The lowest BCUT2D eigenvalue weighted by atomic mass is 10.1. The van der Waals surface area contributed by atoms with E-state index < -0.39 is 27.3 Å². The Balaban J connectivity index is 2.00. The number of hydrogen-bond donors (Lipinski definition) is 1. The summed E-state index contributed by atoms with van der Waals surface area (Å²) in [6.07, 6.45) is 0. The molecule has 1 unspecified atom stereocenters. The Morgan fingerprint density at radius 3 is 2.71 bits per heavy atom. The third kappa shape index (κ3) is 2.29. The summed E-state index contributed by atoms with van der Waals surface area (Å²) in [7, 11) is -3.10. The minimum Gasteiger partial charge on any atom is -0.364 e. The van der Waals surface area contributed by atoms with E-state index in [1.807, 2.05) is 0 Å². The number of ketones is 1. The SMILES string of the molecule is CC1CS(=O)(=O)CCN1c1cc2c(cc1F)C(=O)C(=O)N2. The van der Waals surface area contributed by atoms with Gasteiger partial charge in [-0.15, -0.1) is 0 Å². The summed E-state index contributed by atoms with van der Waals surface area (Å²) < 4.78 is 37.4. The van der Waals surface area contributed by atoms with E-state index in [0.717, 1.165) is 6.07 Å². The first-order valence-electron chi connectivity index (χ1n) is 6.45. The van der Waals surface area contributed by atoms with Crippen LogP contribution in [-0.4, -0.2) is 44.2 Å². The number of halogens is 1. The lowest BCUT2D eigenvalue weighted by Gasteiger charge is -2.35. The predicted octanol–water partition coefficient (Wildman–Crippen LogP) is 0.584. The lowest BCUT2D eigenvalue weighted by molar-refractivity contribution is -0.112. The Labute approximate surface area is 120 Å². The molecule has 1 aromatic carbocycles. The number of anilines is 2. The molecule has 0 bridgehead atoms. The number of amides is 1. The molecule has 2 aliphatic rings. The summed E-state index contributed by atoms with van der Waals surface area (Å²) in [5.41, 5.74) is 0.478. The number of nitrogens with one attached hydrogen (secondary N) is 1. The Morgan fingerprint density at radius 1 is 1.33 bits per heavy atom. The maximum absolute atomic E-state index is 14.2. The van der Waals surface area contributed by atoms with Gasteiger partial charge in [0.25, 0.3) is 11.7 Å². The molecule has 1 N–H and O–H groups in total. The maximum atomic E-state index is 14.2. The van der Waals surface area contributed by atoms with Gasteiger partial charge in [-0.3, -0.25) is 9.59 Å². The van der Waals surface area contributed by atoms with E-state index in [-0.39, 0.29) is 41.0 Å². The zero-order valence-corrected chi connectivity index (χ0v) is 12.0. The average molecular weight is 312 g/mol. The molecule has 2 aliphatic heterocycles. The Bertz CT molecular complexity index is 760. The number of hydrogen-bond acceptors (Lipinski definition) is 5. The van der Waals surface area contributed by atoms with Crippen molar-refractivity contribution in [1.29, 1.82) is 0 Å². The van der Waals surface area contributed by atoms with Gasteiger partial charge in [0.15, 0.2) is 9.84 Å². The van der Waals surface area contributed by atoms with Gasteiger partial charge in [-0.2, -0.15) is 0 Å². The lowest BCUT2D eigenvalue weighted by Crippen LogP contribution is -2.47. The molecule has 1 amide bonds. The standard InChI is InChI=1S/C13H13FN2O4S/c1-7-6-21(19,20)3-2-16(7)11-5-10-8(4-9(11)14)12(17)13(18)15-10/h4-5,7H,2-3,6H2,1H3,(H,15,17,18). The normalized spacial score (nSPS) is 23.9. The molecule has 8 heteroatoms. The minimum atomic E-state index is -3.10. The second-order valence-corrected chi connectivity index (χ2v) is 7.52. The van der Waals surface area contributed by atoms with Gasteiger partial charge < -0.3 is 10.2 Å². The van der Waals surface area contributed by atoms with Crippen molar-refractivity contribution < 1.29 is 22.4 Å². The van der Waals surface area contributed by atoms with E-state index in [2.05, 4.69) is 5.32 Å². The molecule has 1 saturated heterocycles. The number of sulfone groups is 1. The summed E-state index contributed by atoms with van der Waals surface area (Å²) >= 11 is 0. The van der Waals surface area contributed by atoms with Crippen LogP contribution in [0.5, 0.6) is 0 Å². The molecule has 1 aromatic rings. The van der Waals surface area contributed by atoms with Gasteiger partial charge in [0, 0.05) is 12.6 Å². The first-order valence-corrected chi connectivity index (χ1v) is 8.27. The number of nitrogens with zero attached hydrogens (tertiary/aromatic N) is 1. The number of rotatable bonds is 1. The van der Waals surface area contributed by atoms with Gasteiger partial charge in [0.2, 0.25) is 0 Å². The second kappa shape index (κ2) is 4.52. The summed E-state index contributed by atoms with van der Waals surface area (Å²) in [6, 6.07) is 2.05. The molecule has 0 aliphatic carbocycles. The Morgan fingerprint density at radius 2 is 2.05 bits per heavy atom. The first kappa shape index (κ1) is 14.0. The predicted molar refractivity (Wildman–Crippen MR) is 74.8 cm³/mol. The highest BCUT2D eigenvalue weighted by Gasteiger charge is 2.33. The molecule has 1 atom stereocenters. The molecule has 0 spiro atoms. The number of benzene rings is 1. The first-order chi connectivity index (χ1) is 9.78. The molecule has 21 heavy (non-hydrogen) atoms. The van der Waals surface area contributed by atoms with Gasteiger partial charge in [0.05, 0.1) is 28.4 Å². The van der Waals surface area contributed by atoms with Crippen molar-refractivity contribution >= 4 is 32.9 Å². The molecular formula is C13H13FN2O4S. The fourth-order valence-corrected chi connectivity index (χ4v) is 4.29. The highest BCUT2D eigenvalue weighted by Crippen LogP contribution is 2.33. The van der Waals surface area contributed by atoms with Crippen molar-refractivity contribution in [2.75, 3.05) is 28.3 Å². The quantitative estimate of drug-likeness (QED) is 0.767. The fraction of sp³-hybridized carbons (Fsp3) is 0.385. The van der Waals surface area contributed by atoms with Crippen LogP contribution in [0.3, 0.4) is 0 Å². The van der Waals surface area contributed by atoms with E-state index in [1.54, 1.807) is 11.8 Å². The zero-order chi connectivity index (χ0) is 15.4. The van der Waals surface area contributed by atoms with Gasteiger partial charge >= 0.3 is 0 Å². The number of Topliss-reactive ketones (excluding diaryl/α,β-unsaturated/α-hetero) is 1. The van der Waals surface area contributed by atoms with Crippen LogP contribution < -0.4 is 10.2 Å². The third-order valence-electron chi connectivity index (χ3n) is 3.77. The van der Waals surface area contributed by atoms with Gasteiger partial charge in [-0.1, -0.05) is 0 Å².